The summed E-state index contributed by atoms with van der Waals surface area (Å²) in [5, 5.41) is 1.68. The van der Waals surface area contributed by atoms with E-state index in [0.717, 1.165) is 24.8 Å². The molecule has 26 heavy (non-hydrogen) atoms. The van der Waals surface area contributed by atoms with Crippen molar-refractivity contribution in [3.63, 3.8) is 0 Å². The molecule has 1 aliphatic rings. The number of nitrogens with one attached hydrogen (secondary N) is 1. The monoisotopic (exact) mass is 386 g/mol. The van der Waals surface area contributed by atoms with Crippen molar-refractivity contribution in [3.05, 3.63) is 35.4 Å². The second kappa shape index (κ2) is 8.69. The molecule has 0 spiro atoms. The van der Waals surface area contributed by atoms with Gasteiger partial charge in [0.1, 0.15) is 0 Å². The molecule has 1 saturated carbocycles. The number of halogens is 3. The number of benzene rings is 1. The third-order valence-electron chi connectivity index (χ3n) is 4.40. The second-order valence-corrected chi connectivity index (χ2v) is 7.67. The van der Waals surface area contributed by atoms with Crippen molar-refractivity contribution in [2.24, 2.45) is 0 Å². The highest BCUT2D eigenvalue weighted by Crippen LogP contribution is 2.35. The van der Waals surface area contributed by atoms with Crippen molar-refractivity contribution in [2.75, 3.05) is 6.54 Å². The van der Waals surface area contributed by atoms with Gasteiger partial charge < -0.3 is 9.87 Å². The van der Waals surface area contributed by atoms with Gasteiger partial charge in [0.15, 0.2) is 0 Å². The zero-order valence-electron chi connectivity index (χ0n) is 14.0. The van der Waals surface area contributed by atoms with E-state index < -0.39 is 34.5 Å². The van der Waals surface area contributed by atoms with Gasteiger partial charge in [0.25, 0.3) is 0 Å². The maximum atomic E-state index is 12.1. The molecule has 1 aromatic rings. The van der Waals surface area contributed by atoms with Crippen LogP contribution in [0.5, 0.6) is 0 Å². The Morgan fingerprint density at radius 2 is 1.96 bits per heavy atom. The lowest BCUT2D eigenvalue weighted by Gasteiger charge is -2.39. The summed E-state index contributed by atoms with van der Waals surface area (Å²) in [5.74, 6) is 3.12. The minimum Gasteiger partial charge on any atom is -0.772 e. The molecule has 0 radical (unpaired) electrons. The average molecular weight is 386 g/mol. The number of hydrogen-bond donors (Lipinski definition) is 1. The van der Waals surface area contributed by atoms with Gasteiger partial charge in [0.2, 0.25) is 0 Å². The molecule has 0 heterocycles. The normalized spacial score (nSPS) is 17.7. The highest BCUT2D eigenvalue weighted by atomic mass is 32.2. The summed E-state index contributed by atoms with van der Waals surface area (Å²) in [5.41, 5.74) is 1.38. The van der Waals surface area contributed by atoms with Crippen molar-refractivity contribution in [1.29, 1.82) is 0 Å². The van der Waals surface area contributed by atoms with Gasteiger partial charge in [-0.1, -0.05) is 43.2 Å². The zero-order chi connectivity index (χ0) is 19.2. The van der Waals surface area contributed by atoms with Gasteiger partial charge in [0.05, 0.1) is 6.54 Å². The largest absolute Gasteiger partial charge is 0.772 e. The molecule has 1 aromatic carbocycles. The quantitative estimate of drug-likeness (QED) is 0.639. The highest BCUT2D eigenvalue weighted by molar-refractivity contribution is 7.80. The number of amides is 1. The molecule has 1 N–H and O–H groups in total. The fourth-order valence-electron chi connectivity index (χ4n) is 3.10. The highest BCUT2D eigenvalue weighted by Gasteiger charge is 2.38. The molecule has 0 bridgehead atoms. The van der Waals surface area contributed by atoms with Crippen LogP contribution in [0.4, 0.5) is 13.2 Å². The summed E-state index contributed by atoms with van der Waals surface area (Å²) in [6, 6.07) is 6.98. The topological polar surface area (TPSA) is 69.2 Å². The lowest BCUT2D eigenvalue weighted by Crippen LogP contribution is -2.38. The first-order chi connectivity index (χ1) is 12.2. The van der Waals surface area contributed by atoms with Gasteiger partial charge >= 0.3 is 12.1 Å². The van der Waals surface area contributed by atoms with Crippen molar-refractivity contribution < 1.29 is 26.7 Å². The van der Waals surface area contributed by atoms with E-state index >= 15 is 0 Å². The molecule has 8 heteroatoms. The Morgan fingerprint density at radius 1 is 1.27 bits per heavy atom. The minimum absolute atomic E-state index is 0.392. The van der Waals surface area contributed by atoms with Crippen LogP contribution in [0.25, 0.3) is 0 Å². The Hall–Kier alpha value is -1.85. The Balaban J connectivity index is 2.03. The second-order valence-electron chi connectivity index (χ2n) is 6.34. The summed E-state index contributed by atoms with van der Waals surface area (Å²) >= 11 is -2.18. The van der Waals surface area contributed by atoms with Crippen molar-refractivity contribution in [3.8, 4) is 11.8 Å². The minimum atomic E-state index is -4.93. The molecule has 1 fully saturated rings. The van der Waals surface area contributed by atoms with Gasteiger partial charge in [-0.05, 0) is 48.0 Å². The number of hydrogen-bond acceptors (Lipinski definition) is 3. The van der Waals surface area contributed by atoms with E-state index in [2.05, 4.69) is 11.8 Å². The molecule has 142 valence electrons. The van der Waals surface area contributed by atoms with Gasteiger partial charge in [-0.25, -0.2) is 0 Å². The molecule has 0 aliphatic heterocycles. The standard InChI is InChI=1S/C18H20F3NO3S/c19-18(20,21)16(23)22-11-5-8-14-6-4-7-15(12-14)13-17(26(24)25)9-2-1-3-10-17/h4,6-7,12H,1-3,9-11,13H2,(H,22,23)(H,24,25)/p-1. The van der Waals surface area contributed by atoms with Crippen LogP contribution in [0.3, 0.4) is 0 Å². The Bertz CT molecular complexity index is 731. The molecule has 1 unspecified atom stereocenters. The maximum absolute atomic E-state index is 12.1. The van der Waals surface area contributed by atoms with E-state index in [1.165, 1.54) is 0 Å². The first-order valence-corrected chi connectivity index (χ1v) is 9.33. The molecule has 0 saturated heterocycles. The third kappa shape index (κ3) is 5.58. The molecule has 4 nitrogen and oxygen atoms in total. The summed E-state index contributed by atoms with van der Waals surface area (Å²) in [6.45, 7) is -0.420. The van der Waals surface area contributed by atoms with Crippen LogP contribution in [0.1, 0.15) is 43.2 Å². The lowest BCUT2D eigenvalue weighted by molar-refractivity contribution is -0.173. The molecule has 1 aliphatic carbocycles. The van der Waals surface area contributed by atoms with Gasteiger partial charge in [-0.3, -0.25) is 9.00 Å². The average Bonchev–Trinajstić information content (AvgIpc) is 2.58. The first-order valence-electron chi connectivity index (χ1n) is 8.25. The zero-order valence-corrected chi connectivity index (χ0v) is 14.8. The van der Waals surface area contributed by atoms with E-state index in [4.69, 9.17) is 0 Å². The molecule has 1 amide bonds. The summed E-state index contributed by atoms with van der Waals surface area (Å²) in [4.78, 5) is 10.7. The Labute approximate surface area is 152 Å². The van der Waals surface area contributed by atoms with Crippen LogP contribution < -0.4 is 5.32 Å². The molecule has 1 atom stereocenters. The Kier molecular flexibility index (Phi) is 6.84. The molecular formula is C18H19F3NO3S-. The summed E-state index contributed by atoms with van der Waals surface area (Å²) in [7, 11) is 0. The number of carbonyl (C=O) groups excluding carboxylic acids is 1. The smallest absolute Gasteiger partial charge is 0.471 e. The van der Waals surface area contributed by atoms with Crippen molar-refractivity contribution >= 4 is 17.0 Å². The van der Waals surface area contributed by atoms with Crippen LogP contribution in [0, 0.1) is 11.8 Å². The third-order valence-corrected chi connectivity index (χ3v) is 5.66. The number of rotatable bonds is 4. The number of alkyl halides is 3. The van der Waals surface area contributed by atoms with Crippen LogP contribution in [0.2, 0.25) is 0 Å². The van der Waals surface area contributed by atoms with Gasteiger partial charge in [-0.15, -0.1) is 0 Å². The van der Waals surface area contributed by atoms with E-state index in [0.29, 0.717) is 24.8 Å². The van der Waals surface area contributed by atoms with Gasteiger partial charge in [-0.2, -0.15) is 13.2 Å². The van der Waals surface area contributed by atoms with Crippen LogP contribution in [0.15, 0.2) is 24.3 Å². The van der Waals surface area contributed by atoms with E-state index in [1.54, 1.807) is 23.5 Å². The fraction of sp³-hybridized carbons (Fsp3) is 0.500. The SMILES string of the molecule is O=C(NCC#Cc1cccc(CC2(S(=O)[O-])CCCCC2)c1)C(F)(F)F. The summed E-state index contributed by atoms with van der Waals surface area (Å²) < 4.78 is 59.0. The first kappa shape index (κ1) is 20.5. The maximum Gasteiger partial charge on any atom is 0.471 e. The molecule has 2 rings (SSSR count). The molecular weight excluding hydrogens is 367 g/mol. The van der Waals surface area contributed by atoms with Gasteiger partial charge in [0, 0.05) is 10.3 Å². The predicted molar refractivity (Wildman–Crippen MR) is 90.8 cm³/mol. The predicted octanol–water partition coefficient (Wildman–Crippen LogP) is 2.84. The van der Waals surface area contributed by atoms with Crippen LogP contribution in [-0.4, -0.2) is 32.1 Å². The fourth-order valence-corrected chi connectivity index (χ4v) is 4.01. The van der Waals surface area contributed by atoms with Crippen LogP contribution >= 0.6 is 0 Å². The molecule has 0 aromatic heterocycles. The summed E-state index contributed by atoms with van der Waals surface area (Å²) in [6.07, 6.45) is -0.481. The lowest BCUT2D eigenvalue weighted by atomic mass is 9.83. The number of carbonyl (C=O) groups is 1. The van der Waals surface area contributed by atoms with Crippen molar-refractivity contribution in [1.82, 2.24) is 5.32 Å². The van der Waals surface area contributed by atoms with E-state index in [1.807, 2.05) is 6.07 Å². The van der Waals surface area contributed by atoms with E-state index in [9.17, 15) is 26.7 Å². The van der Waals surface area contributed by atoms with Crippen molar-refractivity contribution in [2.45, 2.75) is 49.4 Å². The van der Waals surface area contributed by atoms with E-state index in [-0.39, 0.29) is 0 Å². The van der Waals surface area contributed by atoms with Crippen LogP contribution in [-0.2, 0) is 22.3 Å². The Morgan fingerprint density at radius 3 is 2.58 bits per heavy atom.